The highest BCUT2D eigenvalue weighted by Gasteiger charge is 2.17. The molecule has 0 aliphatic rings. The molecule has 1 aromatic carbocycles. The summed E-state index contributed by atoms with van der Waals surface area (Å²) in [7, 11) is 3.00. The largest absolute Gasteiger partial charge is 0.508 e. The minimum absolute atomic E-state index is 0.142. The van der Waals surface area contributed by atoms with E-state index in [4.69, 9.17) is 0 Å². The molecule has 0 saturated carbocycles. The molecule has 3 rings (SSSR count). The SMILES string of the molecule is CCn1c(N/N=C/c2cccc(O)c2)nc2c1c(=O)n(C)c(=O)n2C. The molecule has 0 atom stereocenters. The molecule has 25 heavy (non-hydrogen) atoms. The first-order valence-electron chi connectivity index (χ1n) is 7.68. The number of phenols is 1. The second-order valence-corrected chi connectivity index (χ2v) is 5.52. The van der Waals surface area contributed by atoms with Crippen LogP contribution >= 0.6 is 0 Å². The van der Waals surface area contributed by atoms with Gasteiger partial charge in [0.1, 0.15) is 5.75 Å². The number of fused-ring (bicyclic) bond motifs is 1. The lowest BCUT2D eigenvalue weighted by atomic mass is 10.2. The van der Waals surface area contributed by atoms with E-state index in [9.17, 15) is 14.7 Å². The van der Waals surface area contributed by atoms with Crippen molar-refractivity contribution >= 4 is 23.3 Å². The van der Waals surface area contributed by atoms with Crippen LogP contribution in [-0.4, -0.2) is 30.0 Å². The molecule has 0 amide bonds. The van der Waals surface area contributed by atoms with Gasteiger partial charge in [-0.1, -0.05) is 12.1 Å². The van der Waals surface area contributed by atoms with Crippen molar-refractivity contribution in [2.75, 3.05) is 5.43 Å². The molecule has 0 aliphatic carbocycles. The third kappa shape index (κ3) is 2.80. The number of rotatable bonds is 4. The van der Waals surface area contributed by atoms with E-state index in [0.29, 0.717) is 29.2 Å². The maximum atomic E-state index is 12.4. The number of nitrogens with one attached hydrogen (secondary N) is 1. The average molecular weight is 342 g/mol. The molecule has 0 fully saturated rings. The normalized spacial score (nSPS) is 11.5. The molecule has 0 bridgehead atoms. The van der Waals surface area contributed by atoms with Crippen LogP contribution in [0.4, 0.5) is 5.95 Å². The lowest BCUT2D eigenvalue weighted by molar-refractivity contribution is 0.475. The van der Waals surface area contributed by atoms with Crippen LogP contribution in [0, 0.1) is 0 Å². The summed E-state index contributed by atoms with van der Waals surface area (Å²) in [4.78, 5) is 28.8. The number of hydrazone groups is 1. The predicted octanol–water partition coefficient (Wildman–Crippen LogP) is 0.605. The van der Waals surface area contributed by atoms with Crippen molar-refractivity contribution in [3.8, 4) is 5.75 Å². The van der Waals surface area contributed by atoms with Gasteiger partial charge in [-0.2, -0.15) is 10.1 Å². The number of aromatic nitrogens is 4. The van der Waals surface area contributed by atoms with Crippen LogP contribution in [0.25, 0.3) is 11.2 Å². The standard InChI is InChI=1S/C16H18N6O3/c1-4-22-12-13(20(2)16(25)21(3)14(12)24)18-15(22)19-17-9-10-6-5-7-11(23)8-10/h5-9,23H,4H2,1-3H3,(H,18,19)/b17-9+. The summed E-state index contributed by atoms with van der Waals surface area (Å²) in [6.45, 7) is 2.35. The molecule has 0 unspecified atom stereocenters. The molecule has 2 aromatic heterocycles. The Morgan fingerprint density at radius 2 is 2.04 bits per heavy atom. The zero-order valence-corrected chi connectivity index (χ0v) is 14.1. The molecule has 0 saturated heterocycles. The number of aromatic hydroxyl groups is 1. The fraction of sp³-hybridized carbons (Fsp3) is 0.250. The molecule has 2 heterocycles. The Morgan fingerprint density at radius 1 is 1.28 bits per heavy atom. The van der Waals surface area contributed by atoms with Gasteiger partial charge in [0.2, 0.25) is 5.95 Å². The highest BCUT2D eigenvalue weighted by Crippen LogP contribution is 2.15. The molecule has 9 heteroatoms. The van der Waals surface area contributed by atoms with Crippen LogP contribution in [0.3, 0.4) is 0 Å². The Morgan fingerprint density at radius 3 is 2.72 bits per heavy atom. The molecule has 9 nitrogen and oxygen atoms in total. The highest BCUT2D eigenvalue weighted by molar-refractivity contribution is 5.81. The van der Waals surface area contributed by atoms with Gasteiger partial charge in [0, 0.05) is 20.6 Å². The second kappa shape index (κ2) is 6.27. The topological polar surface area (TPSA) is 106 Å². The van der Waals surface area contributed by atoms with Crippen molar-refractivity contribution in [3.63, 3.8) is 0 Å². The first-order chi connectivity index (χ1) is 11.9. The second-order valence-electron chi connectivity index (χ2n) is 5.52. The van der Waals surface area contributed by atoms with Crippen molar-refractivity contribution in [2.24, 2.45) is 19.2 Å². The van der Waals surface area contributed by atoms with Gasteiger partial charge in [0.25, 0.3) is 5.56 Å². The van der Waals surface area contributed by atoms with Gasteiger partial charge >= 0.3 is 5.69 Å². The molecule has 3 aromatic rings. The van der Waals surface area contributed by atoms with Crippen LogP contribution in [0.15, 0.2) is 39.0 Å². The van der Waals surface area contributed by atoms with Crippen molar-refractivity contribution in [3.05, 3.63) is 50.7 Å². The van der Waals surface area contributed by atoms with E-state index < -0.39 is 11.2 Å². The van der Waals surface area contributed by atoms with E-state index in [2.05, 4.69) is 15.5 Å². The van der Waals surface area contributed by atoms with Gasteiger partial charge < -0.3 is 9.67 Å². The minimum atomic E-state index is -0.437. The minimum Gasteiger partial charge on any atom is -0.508 e. The van der Waals surface area contributed by atoms with Gasteiger partial charge in [-0.25, -0.2) is 10.2 Å². The molecular formula is C16H18N6O3. The fourth-order valence-electron chi connectivity index (χ4n) is 2.61. The van der Waals surface area contributed by atoms with Crippen molar-refractivity contribution < 1.29 is 5.11 Å². The summed E-state index contributed by atoms with van der Waals surface area (Å²) in [5.41, 5.74) is 3.28. The van der Waals surface area contributed by atoms with Gasteiger partial charge in [0.05, 0.1) is 6.21 Å². The number of hydrogen-bond acceptors (Lipinski definition) is 6. The predicted molar refractivity (Wildman–Crippen MR) is 95.2 cm³/mol. The first-order valence-corrected chi connectivity index (χ1v) is 7.68. The van der Waals surface area contributed by atoms with Gasteiger partial charge in [-0.05, 0) is 24.6 Å². The van der Waals surface area contributed by atoms with Crippen LogP contribution in [0.5, 0.6) is 5.75 Å². The number of imidazole rings is 1. The van der Waals surface area contributed by atoms with Gasteiger partial charge in [-0.15, -0.1) is 0 Å². The summed E-state index contributed by atoms with van der Waals surface area (Å²) in [5, 5.41) is 13.5. The van der Waals surface area contributed by atoms with E-state index in [1.807, 2.05) is 6.92 Å². The highest BCUT2D eigenvalue weighted by atomic mass is 16.3. The lowest BCUT2D eigenvalue weighted by Crippen LogP contribution is -2.37. The summed E-state index contributed by atoms with van der Waals surface area (Å²) in [6, 6.07) is 6.62. The zero-order chi connectivity index (χ0) is 18.1. The fourth-order valence-corrected chi connectivity index (χ4v) is 2.61. The van der Waals surface area contributed by atoms with Crippen LogP contribution in [0.2, 0.25) is 0 Å². The Hall–Kier alpha value is -3.36. The van der Waals surface area contributed by atoms with E-state index in [-0.39, 0.29) is 5.75 Å². The van der Waals surface area contributed by atoms with Crippen LogP contribution < -0.4 is 16.7 Å². The summed E-state index contributed by atoms with van der Waals surface area (Å²) >= 11 is 0. The number of nitrogens with zero attached hydrogens (tertiary/aromatic N) is 5. The van der Waals surface area contributed by atoms with Crippen LogP contribution in [-0.2, 0) is 20.6 Å². The number of anilines is 1. The summed E-state index contributed by atoms with van der Waals surface area (Å²) < 4.78 is 4.04. The van der Waals surface area contributed by atoms with Crippen molar-refractivity contribution in [1.82, 2.24) is 18.7 Å². The van der Waals surface area contributed by atoms with Crippen molar-refractivity contribution in [1.29, 1.82) is 0 Å². The Balaban J connectivity index is 2.05. The maximum absolute atomic E-state index is 12.4. The molecule has 0 radical (unpaired) electrons. The summed E-state index contributed by atoms with van der Waals surface area (Å²) in [5.74, 6) is 0.496. The van der Waals surface area contributed by atoms with E-state index in [1.54, 1.807) is 35.9 Å². The molecule has 2 N–H and O–H groups in total. The van der Waals surface area contributed by atoms with Crippen LogP contribution in [0.1, 0.15) is 12.5 Å². The summed E-state index contributed by atoms with van der Waals surface area (Å²) in [6.07, 6.45) is 1.52. The van der Waals surface area contributed by atoms with E-state index >= 15 is 0 Å². The number of benzene rings is 1. The van der Waals surface area contributed by atoms with Gasteiger partial charge in [0.15, 0.2) is 11.2 Å². The van der Waals surface area contributed by atoms with Crippen molar-refractivity contribution in [2.45, 2.75) is 13.5 Å². The maximum Gasteiger partial charge on any atom is 0.332 e. The Bertz CT molecular complexity index is 1090. The Labute approximate surface area is 142 Å². The number of phenolic OH excluding ortho intramolecular Hbond substituents is 1. The molecule has 130 valence electrons. The monoisotopic (exact) mass is 342 g/mol. The van der Waals surface area contributed by atoms with Gasteiger partial charge in [-0.3, -0.25) is 13.9 Å². The molecular weight excluding hydrogens is 324 g/mol. The number of hydrogen-bond donors (Lipinski definition) is 2. The van der Waals surface area contributed by atoms with E-state index in [0.717, 1.165) is 4.57 Å². The molecule has 0 aliphatic heterocycles. The third-order valence-electron chi connectivity index (χ3n) is 3.91. The molecule has 0 spiro atoms. The number of aryl methyl sites for hydroxylation is 2. The third-order valence-corrected chi connectivity index (χ3v) is 3.91. The first kappa shape index (κ1) is 16.5. The lowest BCUT2D eigenvalue weighted by Gasteiger charge is -2.05. The van der Waals surface area contributed by atoms with E-state index in [1.165, 1.54) is 17.8 Å². The smallest absolute Gasteiger partial charge is 0.332 e. The quantitative estimate of drug-likeness (QED) is 0.533. The zero-order valence-electron chi connectivity index (χ0n) is 14.1. The average Bonchev–Trinajstić information content (AvgIpc) is 2.97. The Kier molecular flexibility index (Phi) is 4.14.